The number of fused-ring (bicyclic) bond motifs is 1. The van der Waals surface area contributed by atoms with Crippen molar-refractivity contribution in [2.75, 3.05) is 18.4 Å². The number of hydrogen-bond donors (Lipinski definition) is 3. The van der Waals surface area contributed by atoms with Crippen LogP contribution >= 0.6 is 0 Å². The fourth-order valence-corrected chi connectivity index (χ4v) is 2.26. The topological polar surface area (TPSA) is 70.1 Å². The average molecular weight is 256 g/mol. The summed E-state index contributed by atoms with van der Waals surface area (Å²) in [6, 6.07) is 6.98. The van der Waals surface area contributed by atoms with E-state index in [1.807, 2.05) is 12.1 Å². The second kappa shape index (κ2) is 5.24. The summed E-state index contributed by atoms with van der Waals surface area (Å²) in [5, 5.41) is 16.0. The number of nitrogens with one attached hydrogen (secondary N) is 2. The number of hydrogen-bond acceptors (Lipinski definition) is 5. The van der Waals surface area contributed by atoms with E-state index >= 15 is 0 Å². The second-order valence-electron chi connectivity index (χ2n) is 4.57. The van der Waals surface area contributed by atoms with Gasteiger partial charge in [0.2, 0.25) is 0 Å². The molecule has 98 valence electrons. The Morgan fingerprint density at radius 1 is 1.05 bits per heavy atom. The Balaban J connectivity index is 1.90. The number of phenols is 1. The molecule has 0 amide bonds. The zero-order valence-corrected chi connectivity index (χ0v) is 10.6. The van der Waals surface area contributed by atoms with Crippen LogP contribution < -0.4 is 10.6 Å². The first kappa shape index (κ1) is 11.9. The van der Waals surface area contributed by atoms with Crippen molar-refractivity contribution in [1.82, 2.24) is 15.3 Å². The predicted octanol–water partition coefficient (Wildman–Crippen LogP) is 1.61. The summed E-state index contributed by atoms with van der Waals surface area (Å²) in [6.45, 7) is 1.91. The third-order valence-corrected chi connectivity index (χ3v) is 3.26. The first-order valence-corrected chi connectivity index (χ1v) is 6.42. The van der Waals surface area contributed by atoms with Gasteiger partial charge in [0.05, 0.1) is 5.69 Å². The Bertz CT molecular complexity index is 568. The van der Waals surface area contributed by atoms with E-state index in [9.17, 15) is 5.11 Å². The number of aromatic nitrogens is 2. The van der Waals surface area contributed by atoms with Crippen molar-refractivity contribution in [3.05, 3.63) is 41.9 Å². The molecule has 3 rings (SSSR count). The first-order valence-electron chi connectivity index (χ1n) is 6.42. The van der Waals surface area contributed by atoms with Crippen LogP contribution in [0.25, 0.3) is 0 Å². The lowest BCUT2D eigenvalue weighted by Crippen LogP contribution is -2.16. The highest BCUT2D eigenvalue weighted by atomic mass is 16.3. The molecule has 1 aliphatic heterocycles. The zero-order valence-electron chi connectivity index (χ0n) is 10.6. The molecule has 0 bridgehead atoms. The molecule has 0 atom stereocenters. The average Bonchev–Trinajstić information content (AvgIpc) is 2.67. The molecule has 2 heterocycles. The van der Waals surface area contributed by atoms with Crippen LogP contribution in [0.1, 0.15) is 11.3 Å². The number of rotatable bonds is 2. The Hall–Kier alpha value is -2.14. The second-order valence-corrected chi connectivity index (χ2v) is 4.57. The highest BCUT2D eigenvalue weighted by Crippen LogP contribution is 2.23. The van der Waals surface area contributed by atoms with Crippen molar-refractivity contribution < 1.29 is 5.11 Å². The molecule has 0 saturated carbocycles. The minimum Gasteiger partial charge on any atom is -0.508 e. The van der Waals surface area contributed by atoms with Gasteiger partial charge >= 0.3 is 0 Å². The zero-order chi connectivity index (χ0) is 13.1. The van der Waals surface area contributed by atoms with Gasteiger partial charge in [-0.25, -0.2) is 9.97 Å². The van der Waals surface area contributed by atoms with Gasteiger partial charge in [-0.3, -0.25) is 0 Å². The molecule has 5 heteroatoms. The van der Waals surface area contributed by atoms with E-state index in [4.69, 9.17) is 0 Å². The summed E-state index contributed by atoms with van der Waals surface area (Å²) >= 11 is 0. The van der Waals surface area contributed by atoms with E-state index in [0.29, 0.717) is 0 Å². The van der Waals surface area contributed by atoms with Gasteiger partial charge in [-0.05, 0) is 37.2 Å². The summed E-state index contributed by atoms with van der Waals surface area (Å²) in [6.07, 6.45) is 3.46. The molecule has 1 aliphatic rings. The highest BCUT2D eigenvalue weighted by molar-refractivity contribution is 5.60. The minimum atomic E-state index is 0.260. The molecule has 1 aromatic carbocycles. The monoisotopic (exact) mass is 256 g/mol. The van der Waals surface area contributed by atoms with Gasteiger partial charge in [-0.2, -0.15) is 0 Å². The van der Waals surface area contributed by atoms with Crippen molar-refractivity contribution in [3.63, 3.8) is 0 Å². The van der Waals surface area contributed by atoms with Gasteiger partial charge in [0.1, 0.15) is 17.9 Å². The van der Waals surface area contributed by atoms with Crippen molar-refractivity contribution in [2.45, 2.75) is 12.8 Å². The van der Waals surface area contributed by atoms with Crippen LogP contribution in [0.4, 0.5) is 11.5 Å². The molecule has 0 spiro atoms. The van der Waals surface area contributed by atoms with Crippen molar-refractivity contribution in [3.8, 4) is 5.75 Å². The molecular formula is C14H16N4O. The minimum absolute atomic E-state index is 0.260. The van der Waals surface area contributed by atoms with Gasteiger partial charge in [0.15, 0.2) is 0 Å². The number of phenolic OH excluding ortho intramolecular Hbond substituents is 1. The van der Waals surface area contributed by atoms with E-state index in [0.717, 1.165) is 43.1 Å². The summed E-state index contributed by atoms with van der Waals surface area (Å²) in [5.41, 5.74) is 3.21. The van der Waals surface area contributed by atoms with E-state index in [2.05, 4.69) is 20.6 Å². The summed E-state index contributed by atoms with van der Waals surface area (Å²) in [5.74, 6) is 1.12. The maximum atomic E-state index is 9.29. The number of nitrogens with zero attached hydrogens (tertiary/aromatic N) is 2. The molecule has 2 aromatic rings. The smallest absolute Gasteiger partial charge is 0.137 e. The van der Waals surface area contributed by atoms with Gasteiger partial charge in [0.25, 0.3) is 0 Å². The van der Waals surface area contributed by atoms with Gasteiger partial charge < -0.3 is 15.7 Å². The molecule has 0 aliphatic carbocycles. The van der Waals surface area contributed by atoms with Crippen LogP contribution in [0.3, 0.4) is 0 Å². The number of benzene rings is 1. The number of anilines is 2. The molecule has 0 radical (unpaired) electrons. The summed E-state index contributed by atoms with van der Waals surface area (Å²) in [7, 11) is 0. The first-order chi connectivity index (χ1) is 9.33. The lowest BCUT2D eigenvalue weighted by atomic mass is 10.1. The fourth-order valence-electron chi connectivity index (χ4n) is 2.26. The largest absolute Gasteiger partial charge is 0.508 e. The summed E-state index contributed by atoms with van der Waals surface area (Å²) in [4.78, 5) is 8.70. The Kier molecular flexibility index (Phi) is 3.29. The third-order valence-electron chi connectivity index (χ3n) is 3.26. The van der Waals surface area contributed by atoms with Crippen LogP contribution in [0, 0.1) is 0 Å². The van der Waals surface area contributed by atoms with Crippen molar-refractivity contribution >= 4 is 11.5 Å². The summed E-state index contributed by atoms with van der Waals surface area (Å²) < 4.78 is 0. The lowest BCUT2D eigenvalue weighted by Gasteiger charge is -2.12. The van der Waals surface area contributed by atoms with Crippen LogP contribution in [-0.2, 0) is 12.8 Å². The van der Waals surface area contributed by atoms with Crippen LogP contribution in [0.5, 0.6) is 5.75 Å². The van der Waals surface area contributed by atoms with E-state index < -0.39 is 0 Å². The molecule has 0 unspecified atom stereocenters. The van der Waals surface area contributed by atoms with Crippen LogP contribution in [0.15, 0.2) is 30.6 Å². The Labute approximate surface area is 111 Å². The molecule has 0 fully saturated rings. The van der Waals surface area contributed by atoms with Crippen LogP contribution in [-0.4, -0.2) is 28.2 Å². The van der Waals surface area contributed by atoms with E-state index in [1.54, 1.807) is 18.5 Å². The molecule has 0 saturated heterocycles. The highest BCUT2D eigenvalue weighted by Gasteiger charge is 2.13. The molecule has 3 N–H and O–H groups in total. The van der Waals surface area contributed by atoms with Crippen molar-refractivity contribution in [2.24, 2.45) is 0 Å². The Morgan fingerprint density at radius 2 is 1.84 bits per heavy atom. The van der Waals surface area contributed by atoms with Gasteiger partial charge in [-0.1, -0.05) is 0 Å². The lowest BCUT2D eigenvalue weighted by molar-refractivity contribution is 0.475. The molecular weight excluding hydrogens is 240 g/mol. The van der Waals surface area contributed by atoms with Gasteiger partial charge in [0, 0.05) is 24.2 Å². The van der Waals surface area contributed by atoms with E-state index in [-0.39, 0.29) is 5.75 Å². The predicted molar refractivity (Wildman–Crippen MR) is 73.7 cm³/mol. The quantitative estimate of drug-likeness (QED) is 0.712. The molecule has 5 nitrogen and oxygen atoms in total. The Morgan fingerprint density at radius 3 is 2.68 bits per heavy atom. The van der Waals surface area contributed by atoms with E-state index in [1.165, 1.54) is 5.56 Å². The van der Waals surface area contributed by atoms with Crippen molar-refractivity contribution in [1.29, 1.82) is 0 Å². The fraction of sp³-hybridized carbons (Fsp3) is 0.286. The van der Waals surface area contributed by atoms with Crippen LogP contribution in [0.2, 0.25) is 0 Å². The maximum absolute atomic E-state index is 9.29. The normalized spacial score (nSPS) is 14.5. The SMILES string of the molecule is Oc1ccc(Nc2ncnc3c2CCNCC3)cc1. The third kappa shape index (κ3) is 2.66. The number of aromatic hydroxyl groups is 1. The standard InChI is InChI=1S/C14H16N4O/c19-11-3-1-10(2-4-11)18-14-12-5-7-15-8-6-13(12)16-9-17-14/h1-4,9,15,19H,5-8H2,(H,16,17,18). The maximum Gasteiger partial charge on any atom is 0.137 e. The molecule has 1 aromatic heterocycles. The molecule has 19 heavy (non-hydrogen) atoms. The van der Waals surface area contributed by atoms with Gasteiger partial charge in [-0.15, -0.1) is 0 Å².